The molecular formula is C27H28N4OS. The zero-order chi connectivity index (χ0) is 23.3. The van der Waals surface area contributed by atoms with Crippen LogP contribution in [-0.2, 0) is 0 Å². The highest BCUT2D eigenvalue weighted by atomic mass is 32.1. The average molecular weight is 457 g/mol. The molecule has 1 fully saturated rings. The predicted octanol–water partition coefficient (Wildman–Crippen LogP) is 5.60. The van der Waals surface area contributed by atoms with Crippen LogP contribution in [0.4, 0.5) is 11.4 Å². The fraction of sp³-hybridized carbons (Fsp3) is 0.259. The van der Waals surface area contributed by atoms with Crippen LogP contribution >= 0.6 is 12.2 Å². The van der Waals surface area contributed by atoms with E-state index >= 15 is 0 Å². The summed E-state index contributed by atoms with van der Waals surface area (Å²) in [7, 11) is 2.14. The molecule has 3 aromatic rings. The fourth-order valence-corrected chi connectivity index (χ4v) is 5.32. The van der Waals surface area contributed by atoms with Gasteiger partial charge in [-0.05, 0) is 80.5 Å². The fourth-order valence-electron chi connectivity index (χ4n) is 4.98. The van der Waals surface area contributed by atoms with Gasteiger partial charge in [0.25, 0.3) is 0 Å². The minimum absolute atomic E-state index is 0.0482. The molecule has 5 nitrogen and oxygen atoms in total. The summed E-state index contributed by atoms with van der Waals surface area (Å²) in [6.07, 6.45) is 4.12. The van der Waals surface area contributed by atoms with E-state index < -0.39 is 0 Å². The molecule has 168 valence electrons. The second-order valence-electron chi connectivity index (χ2n) is 9.30. The van der Waals surface area contributed by atoms with Crippen molar-refractivity contribution in [3.8, 4) is 5.75 Å². The Labute approximate surface area is 200 Å². The van der Waals surface area contributed by atoms with Crippen molar-refractivity contribution >= 4 is 34.3 Å². The molecule has 33 heavy (non-hydrogen) atoms. The Morgan fingerprint density at radius 2 is 1.79 bits per heavy atom. The van der Waals surface area contributed by atoms with E-state index in [0.717, 1.165) is 11.3 Å². The van der Waals surface area contributed by atoms with Gasteiger partial charge in [0.1, 0.15) is 5.75 Å². The van der Waals surface area contributed by atoms with Gasteiger partial charge in [-0.2, -0.15) is 0 Å². The number of fused-ring (bicyclic) bond motifs is 1. The molecule has 5 rings (SSSR count). The lowest BCUT2D eigenvalue weighted by molar-refractivity contribution is 0.473. The number of benzene rings is 2. The summed E-state index contributed by atoms with van der Waals surface area (Å²) in [5, 5.41) is 14.7. The summed E-state index contributed by atoms with van der Waals surface area (Å²) < 4.78 is 0. The lowest BCUT2D eigenvalue weighted by Gasteiger charge is -2.41. The van der Waals surface area contributed by atoms with Gasteiger partial charge in [0.15, 0.2) is 5.11 Å². The summed E-state index contributed by atoms with van der Waals surface area (Å²) in [5.41, 5.74) is 6.33. The van der Waals surface area contributed by atoms with Gasteiger partial charge in [-0.25, -0.2) is 0 Å². The van der Waals surface area contributed by atoms with E-state index in [4.69, 9.17) is 12.2 Å². The van der Waals surface area contributed by atoms with E-state index in [1.165, 1.54) is 16.8 Å². The lowest BCUT2D eigenvalue weighted by Crippen LogP contribution is -2.42. The molecular weight excluding hydrogens is 428 g/mol. The van der Waals surface area contributed by atoms with Gasteiger partial charge in [0.05, 0.1) is 29.0 Å². The quantitative estimate of drug-likeness (QED) is 0.501. The molecule has 0 bridgehead atoms. The van der Waals surface area contributed by atoms with E-state index in [-0.39, 0.29) is 23.4 Å². The number of nitrogens with one attached hydrogen (secondary N) is 1. The molecule has 2 atom stereocenters. The van der Waals surface area contributed by atoms with E-state index in [9.17, 15) is 5.11 Å². The Balaban J connectivity index is 1.67. The van der Waals surface area contributed by atoms with Crippen LogP contribution < -0.4 is 15.1 Å². The number of hydrogen-bond donors (Lipinski definition) is 2. The number of para-hydroxylation sites is 2. The van der Waals surface area contributed by atoms with Crippen molar-refractivity contribution in [3.63, 3.8) is 0 Å². The number of phenols is 1. The number of hydrogen-bond acceptors (Lipinski definition) is 4. The minimum Gasteiger partial charge on any atom is -0.506 e. The van der Waals surface area contributed by atoms with Crippen LogP contribution in [0.25, 0.3) is 5.57 Å². The highest BCUT2D eigenvalue weighted by Gasteiger charge is 2.42. The Morgan fingerprint density at radius 3 is 2.52 bits per heavy atom. The summed E-state index contributed by atoms with van der Waals surface area (Å²) in [6.45, 7) is 6.62. The molecule has 0 radical (unpaired) electrons. The van der Waals surface area contributed by atoms with Gasteiger partial charge in [-0.1, -0.05) is 30.3 Å². The van der Waals surface area contributed by atoms with Crippen LogP contribution in [-0.4, -0.2) is 27.8 Å². The van der Waals surface area contributed by atoms with Crippen LogP contribution in [0.3, 0.4) is 0 Å². The molecule has 1 saturated heterocycles. The van der Waals surface area contributed by atoms with Gasteiger partial charge >= 0.3 is 0 Å². The zero-order valence-corrected chi connectivity index (χ0v) is 20.1. The standard InChI is InChI=1S/C27H28N4OS/c1-17-16-27(2,3)30(4)21-13-12-18(15-19(17)21)25-24(20-9-7-8-14-28-20)29-26(33)31(25)22-10-5-6-11-23(22)32/h5-16,24-25,32H,1-4H3,(H,29,33)/t24-,25+/m0/s1. The molecule has 2 aliphatic heterocycles. The first kappa shape index (κ1) is 21.5. The van der Waals surface area contributed by atoms with Gasteiger partial charge < -0.3 is 20.2 Å². The van der Waals surface area contributed by atoms with Crippen LogP contribution in [0.5, 0.6) is 5.75 Å². The second-order valence-corrected chi connectivity index (χ2v) is 9.69. The summed E-state index contributed by atoms with van der Waals surface area (Å²) in [5.74, 6) is 0.198. The summed E-state index contributed by atoms with van der Waals surface area (Å²) in [4.78, 5) is 8.95. The maximum atomic E-state index is 10.7. The third-order valence-corrected chi connectivity index (χ3v) is 7.14. The molecule has 1 aromatic heterocycles. The number of allylic oxidation sites excluding steroid dienone is 1. The molecule has 0 aliphatic carbocycles. The first-order chi connectivity index (χ1) is 15.8. The van der Waals surface area contributed by atoms with Gasteiger partial charge in [0, 0.05) is 24.5 Å². The minimum atomic E-state index is -0.168. The normalized spacial score (nSPS) is 21.5. The Kier molecular flexibility index (Phi) is 5.13. The lowest BCUT2D eigenvalue weighted by atomic mass is 9.86. The molecule has 2 aliphatic rings. The van der Waals surface area contributed by atoms with Crippen molar-refractivity contribution in [2.75, 3.05) is 16.8 Å². The van der Waals surface area contributed by atoms with Gasteiger partial charge in [-0.3, -0.25) is 4.98 Å². The van der Waals surface area contributed by atoms with Crippen molar-refractivity contribution < 1.29 is 5.11 Å². The van der Waals surface area contributed by atoms with Crippen molar-refractivity contribution in [1.82, 2.24) is 10.3 Å². The molecule has 0 spiro atoms. The van der Waals surface area contributed by atoms with E-state index in [1.807, 2.05) is 41.3 Å². The molecule has 0 amide bonds. The van der Waals surface area contributed by atoms with E-state index in [2.05, 4.69) is 67.3 Å². The zero-order valence-electron chi connectivity index (χ0n) is 19.3. The van der Waals surface area contributed by atoms with Crippen LogP contribution in [0, 0.1) is 0 Å². The Hall–Kier alpha value is -3.38. The maximum Gasteiger partial charge on any atom is 0.174 e. The number of anilines is 2. The number of aromatic nitrogens is 1. The highest BCUT2D eigenvalue weighted by Crippen LogP contribution is 2.46. The topological polar surface area (TPSA) is 51.6 Å². The van der Waals surface area contributed by atoms with E-state index in [0.29, 0.717) is 10.8 Å². The third kappa shape index (κ3) is 3.55. The van der Waals surface area contributed by atoms with Gasteiger partial charge in [-0.15, -0.1) is 0 Å². The second kappa shape index (κ2) is 7.89. The highest BCUT2D eigenvalue weighted by molar-refractivity contribution is 7.80. The van der Waals surface area contributed by atoms with Crippen molar-refractivity contribution in [2.45, 2.75) is 38.4 Å². The molecule has 3 heterocycles. The maximum absolute atomic E-state index is 10.7. The number of phenolic OH excluding ortho intramolecular Hbond substituents is 1. The SMILES string of the molecule is CC1=CC(C)(C)N(C)c2ccc([C@@H]3[C@H](c4ccccn4)NC(=S)N3c3ccccc3O)cc21. The summed E-state index contributed by atoms with van der Waals surface area (Å²) in [6, 6.07) is 19.6. The number of rotatable bonds is 3. The third-order valence-electron chi connectivity index (χ3n) is 6.82. The van der Waals surface area contributed by atoms with Crippen molar-refractivity contribution in [1.29, 1.82) is 0 Å². The number of thiocarbonyl (C=S) groups is 1. The van der Waals surface area contributed by atoms with Crippen LogP contribution in [0.15, 0.2) is 72.9 Å². The molecule has 2 aromatic carbocycles. The van der Waals surface area contributed by atoms with Crippen molar-refractivity contribution in [2.24, 2.45) is 0 Å². The van der Waals surface area contributed by atoms with Crippen molar-refractivity contribution in [3.05, 3.63) is 89.8 Å². The summed E-state index contributed by atoms with van der Waals surface area (Å²) >= 11 is 5.79. The first-order valence-electron chi connectivity index (χ1n) is 11.1. The van der Waals surface area contributed by atoms with Crippen LogP contribution in [0.1, 0.15) is 49.7 Å². The van der Waals surface area contributed by atoms with E-state index in [1.54, 1.807) is 12.3 Å². The first-order valence-corrected chi connectivity index (χ1v) is 11.5. The Morgan fingerprint density at radius 1 is 1.03 bits per heavy atom. The molecule has 2 N–H and O–H groups in total. The van der Waals surface area contributed by atoms with Gasteiger partial charge in [0.2, 0.25) is 0 Å². The molecule has 0 saturated carbocycles. The Bertz CT molecular complexity index is 1250. The number of aromatic hydroxyl groups is 1. The van der Waals surface area contributed by atoms with Crippen LogP contribution in [0.2, 0.25) is 0 Å². The smallest absolute Gasteiger partial charge is 0.174 e. The monoisotopic (exact) mass is 456 g/mol. The number of likely N-dealkylation sites (N-methyl/N-ethyl adjacent to an activating group) is 1. The molecule has 6 heteroatoms. The molecule has 0 unspecified atom stereocenters. The largest absolute Gasteiger partial charge is 0.506 e. The number of pyridine rings is 1. The number of nitrogens with zero attached hydrogens (tertiary/aromatic N) is 3. The predicted molar refractivity (Wildman–Crippen MR) is 139 cm³/mol. The average Bonchev–Trinajstić information content (AvgIpc) is 3.15.